The van der Waals surface area contributed by atoms with E-state index in [2.05, 4.69) is 34.0 Å². The molecule has 0 aromatic carbocycles. The molecule has 0 saturated carbocycles. The first-order valence-corrected chi connectivity index (χ1v) is 8.03. The molecule has 1 aliphatic heterocycles. The van der Waals surface area contributed by atoms with Gasteiger partial charge in [-0.3, -0.25) is 0 Å². The molecule has 5 heteroatoms. The zero-order valence-corrected chi connectivity index (χ0v) is 13.3. The average molecular weight is 297 g/mol. The van der Waals surface area contributed by atoms with Crippen LogP contribution in [0, 0.1) is 0 Å². The van der Waals surface area contributed by atoms with Crippen molar-refractivity contribution in [3.05, 3.63) is 17.0 Å². The van der Waals surface area contributed by atoms with Gasteiger partial charge in [0.05, 0.1) is 0 Å². The summed E-state index contributed by atoms with van der Waals surface area (Å²) < 4.78 is 0. The van der Waals surface area contributed by atoms with Crippen molar-refractivity contribution in [2.75, 3.05) is 31.5 Å². The molecule has 1 aliphatic rings. The van der Waals surface area contributed by atoms with Crippen LogP contribution in [-0.4, -0.2) is 41.0 Å². The van der Waals surface area contributed by atoms with E-state index in [1.165, 1.54) is 38.8 Å². The van der Waals surface area contributed by atoms with Gasteiger partial charge in [-0.05, 0) is 25.9 Å². The summed E-state index contributed by atoms with van der Waals surface area (Å²) in [4.78, 5) is 11.3. The summed E-state index contributed by atoms with van der Waals surface area (Å²) in [6.07, 6.45) is 5.42. The van der Waals surface area contributed by atoms with Crippen molar-refractivity contribution in [3.63, 3.8) is 0 Å². The van der Waals surface area contributed by atoms with Crippen LogP contribution in [0.2, 0.25) is 5.15 Å². The van der Waals surface area contributed by atoms with E-state index >= 15 is 0 Å². The minimum atomic E-state index is 0.292. The predicted molar refractivity (Wildman–Crippen MR) is 84.5 cm³/mol. The fourth-order valence-corrected chi connectivity index (χ4v) is 2.68. The van der Waals surface area contributed by atoms with Crippen LogP contribution in [-0.2, 0) is 0 Å². The molecule has 0 bridgehead atoms. The van der Waals surface area contributed by atoms with Crippen molar-refractivity contribution in [2.45, 2.75) is 45.4 Å². The molecule has 1 aromatic heterocycles. The third-order valence-electron chi connectivity index (χ3n) is 3.66. The van der Waals surface area contributed by atoms with E-state index in [0.717, 1.165) is 24.7 Å². The molecule has 1 fully saturated rings. The monoisotopic (exact) mass is 296 g/mol. The molecule has 0 atom stereocenters. The minimum Gasteiger partial charge on any atom is -0.369 e. The van der Waals surface area contributed by atoms with Crippen molar-refractivity contribution in [1.29, 1.82) is 0 Å². The molecule has 112 valence electrons. The zero-order chi connectivity index (χ0) is 14.4. The lowest BCUT2D eigenvalue weighted by molar-refractivity contribution is 0.296. The lowest BCUT2D eigenvalue weighted by atomic mass is 10.2. The molecule has 20 heavy (non-hydrogen) atoms. The van der Waals surface area contributed by atoms with Gasteiger partial charge in [-0.25, -0.2) is 9.97 Å². The number of halogens is 1. The van der Waals surface area contributed by atoms with Gasteiger partial charge >= 0.3 is 0 Å². The number of likely N-dealkylation sites (tertiary alicyclic amines) is 1. The van der Waals surface area contributed by atoms with Crippen LogP contribution in [0.25, 0.3) is 0 Å². The maximum atomic E-state index is 6.04. The van der Waals surface area contributed by atoms with Crippen LogP contribution in [0.4, 0.5) is 5.82 Å². The highest BCUT2D eigenvalue weighted by atomic mass is 35.5. The Kier molecular flexibility index (Phi) is 6.05. The topological polar surface area (TPSA) is 41.1 Å². The quantitative estimate of drug-likeness (QED) is 0.844. The van der Waals surface area contributed by atoms with Crippen LogP contribution in [0.3, 0.4) is 0 Å². The second-order valence-corrected chi connectivity index (χ2v) is 6.16. The Morgan fingerprint density at radius 3 is 2.55 bits per heavy atom. The second-order valence-electron chi connectivity index (χ2n) is 5.77. The van der Waals surface area contributed by atoms with Gasteiger partial charge in [-0.1, -0.05) is 38.3 Å². The molecule has 2 heterocycles. The van der Waals surface area contributed by atoms with Crippen LogP contribution >= 0.6 is 11.6 Å². The van der Waals surface area contributed by atoms with E-state index in [1.807, 2.05) is 0 Å². The largest absolute Gasteiger partial charge is 0.369 e. The highest BCUT2D eigenvalue weighted by molar-refractivity contribution is 6.29. The van der Waals surface area contributed by atoms with E-state index < -0.39 is 0 Å². The Hall–Kier alpha value is -0.870. The molecule has 1 aromatic rings. The Morgan fingerprint density at radius 2 is 1.90 bits per heavy atom. The summed E-state index contributed by atoms with van der Waals surface area (Å²) >= 11 is 6.04. The number of nitrogens with one attached hydrogen (secondary N) is 1. The SMILES string of the molecule is CC(C)c1nc(Cl)cc(NCCN2CCCCCC2)n1. The molecule has 1 N–H and O–H groups in total. The second kappa shape index (κ2) is 7.79. The maximum Gasteiger partial charge on any atom is 0.135 e. The fourth-order valence-electron chi connectivity index (χ4n) is 2.49. The summed E-state index contributed by atoms with van der Waals surface area (Å²) in [5.41, 5.74) is 0. The highest BCUT2D eigenvalue weighted by Gasteiger charge is 2.09. The first-order valence-electron chi connectivity index (χ1n) is 7.66. The predicted octanol–water partition coefficient (Wildman–Crippen LogP) is 3.54. The first-order chi connectivity index (χ1) is 9.65. The Bertz CT molecular complexity index is 414. The van der Waals surface area contributed by atoms with Gasteiger partial charge < -0.3 is 10.2 Å². The van der Waals surface area contributed by atoms with Gasteiger partial charge in [-0.2, -0.15) is 0 Å². The van der Waals surface area contributed by atoms with E-state index in [9.17, 15) is 0 Å². The summed E-state index contributed by atoms with van der Waals surface area (Å²) in [6.45, 7) is 8.58. The Labute approximate surface area is 126 Å². The zero-order valence-electron chi connectivity index (χ0n) is 12.5. The smallest absolute Gasteiger partial charge is 0.135 e. The summed E-state index contributed by atoms with van der Waals surface area (Å²) in [6, 6.07) is 1.80. The highest BCUT2D eigenvalue weighted by Crippen LogP contribution is 2.17. The van der Waals surface area contributed by atoms with Crippen LogP contribution in [0.1, 0.15) is 51.3 Å². The lowest BCUT2D eigenvalue weighted by Crippen LogP contribution is -2.30. The van der Waals surface area contributed by atoms with Crippen molar-refractivity contribution < 1.29 is 0 Å². The van der Waals surface area contributed by atoms with Crippen molar-refractivity contribution in [2.24, 2.45) is 0 Å². The number of hydrogen-bond donors (Lipinski definition) is 1. The molecule has 0 unspecified atom stereocenters. The van der Waals surface area contributed by atoms with Crippen LogP contribution < -0.4 is 5.32 Å². The molecule has 2 rings (SSSR count). The van der Waals surface area contributed by atoms with Crippen LogP contribution in [0.5, 0.6) is 0 Å². The van der Waals surface area contributed by atoms with E-state index in [-0.39, 0.29) is 0 Å². The number of aromatic nitrogens is 2. The summed E-state index contributed by atoms with van der Waals surface area (Å²) in [5.74, 6) is 1.93. The van der Waals surface area contributed by atoms with E-state index in [0.29, 0.717) is 11.1 Å². The molecular formula is C15H25ClN4. The van der Waals surface area contributed by atoms with Crippen molar-refractivity contribution >= 4 is 17.4 Å². The molecule has 4 nitrogen and oxygen atoms in total. The minimum absolute atomic E-state index is 0.292. The standard InChI is InChI=1S/C15H25ClN4/c1-12(2)15-18-13(16)11-14(19-15)17-7-10-20-8-5-3-4-6-9-20/h11-12H,3-10H2,1-2H3,(H,17,18,19). The molecule has 0 aliphatic carbocycles. The first kappa shape index (κ1) is 15.5. The Balaban J connectivity index is 1.84. The molecule has 0 amide bonds. The van der Waals surface area contributed by atoms with Gasteiger partial charge in [-0.15, -0.1) is 0 Å². The normalized spacial score (nSPS) is 17.2. The van der Waals surface area contributed by atoms with Crippen molar-refractivity contribution in [3.8, 4) is 0 Å². The molecule has 0 radical (unpaired) electrons. The van der Waals surface area contributed by atoms with Crippen molar-refractivity contribution in [1.82, 2.24) is 14.9 Å². The van der Waals surface area contributed by atoms with Gasteiger partial charge in [0, 0.05) is 25.1 Å². The number of rotatable bonds is 5. The van der Waals surface area contributed by atoms with Gasteiger partial charge in [0.15, 0.2) is 0 Å². The maximum absolute atomic E-state index is 6.04. The number of anilines is 1. The Morgan fingerprint density at radius 1 is 1.20 bits per heavy atom. The fraction of sp³-hybridized carbons (Fsp3) is 0.733. The third kappa shape index (κ3) is 4.91. The molecule has 0 spiro atoms. The van der Waals surface area contributed by atoms with Crippen LogP contribution in [0.15, 0.2) is 6.07 Å². The van der Waals surface area contributed by atoms with E-state index in [4.69, 9.17) is 11.6 Å². The number of nitrogens with zero attached hydrogens (tertiary/aromatic N) is 3. The lowest BCUT2D eigenvalue weighted by Gasteiger charge is -2.20. The number of hydrogen-bond acceptors (Lipinski definition) is 4. The van der Waals surface area contributed by atoms with Gasteiger partial charge in [0.2, 0.25) is 0 Å². The van der Waals surface area contributed by atoms with Gasteiger partial charge in [0.25, 0.3) is 0 Å². The summed E-state index contributed by atoms with van der Waals surface area (Å²) in [5, 5.41) is 3.89. The summed E-state index contributed by atoms with van der Waals surface area (Å²) in [7, 11) is 0. The third-order valence-corrected chi connectivity index (χ3v) is 3.86. The average Bonchev–Trinajstić information content (AvgIpc) is 2.67. The molecular weight excluding hydrogens is 272 g/mol. The molecule has 1 saturated heterocycles. The van der Waals surface area contributed by atoms with Gasteiger partial charge in [0.1, 0.15) is 16.8 Å². The van der Waals surface area contributed by atoms with E-state index in [1.54, 1.807) is 6.07 Å².